The van der Waals surface area contributed by atoms with E-state index in [2.05, 4.69) is 26.6 Å². The van der Waals surface area contributed by atoms with Gasteiger partial charge in [0, 0.05) is 22.7 Å². The van der Waals surface area contributed by atoms with Gasteiger partial charge < -0.3 is 20.6 Å². The van der Waals surface area contributed by atoms with Crippen LogP contribution in [0.25, 0.3) is 0 Å². The number of carbonyl (C=O) groups is 3. The largest absolute Gasteiger partial charge is 0.394 e. The Morgan fingerprint density at radius 2 is 1.97 bits per heavy atom. The van der Waals surface area contributed by atoms with Crippen molar-refractivity contribution in [3.63, 3.8) is 0 Å². The fourth-order valence-electron chi connectivity index (χ4n) is 5.25. The predicted molar refractivity (Wildman–Crippen MR) is 117 cm³/mol. The molecule has 3 N–H and O–H groups in total. The van der Waals surface area contributed by atoms with Gasteiger partial charge >= 0.3 is 0 Å². The molecule has 7 nitrogen and oxygen atoms in total. The maximum Gasteiger partial charge on any atom is 0.244 e. The van der Waals surface area contributed by atoms with Crippen LogP contribution in [0.3, 0.4) is 0 Å². The summed E-state index contributed by atoms with van der Waals surface area (Å²) in [5.41, 5.74) is -0.456. The Morgan fingerprint density at radius 1 is 1.34 bits per heavy atom. The van der Waals surface area contributed by atoms with Crippen LogP contribution < -0.4 is 10.6 Å². The van der Waals surface area contributed by atoms with Gasteiger partial charge in [0.15, 0.2) is 0 Å². The average molecular weight is 490 g/mol. The number of hydrogen-bond acceptors (Lipinski definition) is 5. The van der Waals surface area contributed by atoms with E-state index >= 15 is 0 Å². The van der Waals surface area contributed by atoms with Gasteiger partial charge in [0.05, 0.1) is 29.2 Å². The molecule has 0 aliphatic carbocycles. The Kier molecular flexibility index (Phi) is 6.08. The summed E-state index contributed by atoms with van der Waals surface area (Å²) in [6.07, 6.45) is 0.640. The standard InChI is InChI=1S/C20H32BrN3O4S/c1-9(2)11(8-25)24-15(17(27)23-19(3,4)5)20-7-10(21)14(29-20)12(16(26)22-6)13(20)18(24)28/h9-15,25H,7-8H2,1-6H3,(H,22,26)(H,23,27)/t10?,11-,12+,13-,14+,15?,20?/m0/s1. The maximum absolute atomic E-state index is 13.7. The Morgan fingerprint density at radius 3 is 2.45 bits per heavy atom. The molecule has 3 saturated heterocycles. The lowest BCUT2D eigenvalue weighted by atomic mass is 9.70. The smallest absolute Gasteiger partial charge is 0.244 e. The molecule has 0 aromatic heterocycles. The third kappa shape index (κ3) is 3.51. The molecule has 3 amide bonds. The Bertz CT molecular complexity index is 712. The Labute approximate surface area is 185 Å². The van der Waals surface area contributed by atoms with E-state index in [0.29, 0.717) is 6.42 Å². The number of rotatable bonds is 5. The highest BCUT2D eigenvalue weighted by Crippen LogP contribution is 2.68. The van der Waals surface area contributed by atoms with E-state index in [1.807, 2.05) is 34.6 Å². The number of halogens is 1. The van der Waals surface area contributed by atoms with E-state index in [0.717, 1.165) is 0 Å². The second kappa shape index (κ2) is 7.71. The van der Waals surface area contributed by atoms with Crippen LogP contribution in [0.15, 0.2) is 0 Å². The maximum atomic E-state index is 13.7. The van der Waals surface area contributed by atoms with E-state index in [1.54, 1.807) is 23.7 Å². The highest BCUT2D eigenvalue weighted by Gasteiger charge is 2.76. The van der Waals surface area contributed by atoms with E-state index < -0.39 is 34.2 Å². The summed E-state index contributed by atoms with van der Waals surface area (Å²) in [5.74, 6) is -1.63. The fraction of sp³-hybridized carbons (Fsp3) is 0.850. The van der Waals surface area contributed by atoms with Crippen LogP contribution in [0.1, 0.15) is 41.0 Å². The first-order valence-corrected chi connectivity index (χ1v) is 12.0. The summed E-state index contributed by atoms with van der Waals surface area (Å²) in [5, 5.41) is 15.8. The fourth-order valence-corrected chi connectivity index (χ4v) is 8.85. The van der Waals surface area contributed by atoms with Crippen LogP contribution in [0, 0.1) is 17.8 Å². The summed E-state index contributed by atoms with van der Waals surface area (Å²) < 4.78 is -0.676. The number of thioether (sulfide) groups is 1. The summed E-state index contributed by atoms with van der Waals surface area (Å²) >= 11 is 5.32. The lowest BCUT2D eigenvalue weighted by Crippen LogP contribution is -2.60. The van der Waals surface area contributed by atoms with Gasteiger partial charge in [-0.1, -0.05) is 29.8 Å². The number of aliphatic hydroxyl groups excluding tert-OH is 1. The van der Waals surface area contributed by atoms with Crippen molar-refractivity contribution in [3.8, 4) is 0 Å². The van der Waals surface area contributed by atoms with Crippen LogP contribution in [0.4, 0.5) is 0 Å². The summed E-state index contributed by atoms with van der Waals surface area (Å²) in [6, 6.07) is -1.19. The normalized spacial score (nSPS) is 37.1. The van der Waals surface area contributed by atoms with Crippen LogP contribution in [0.2, 0.25) is 0 Å². The number of aliphatic hydroxyl groups is 1. The molecule has 2 bridgehead atoms. The first kappa shape index (κ1) is 22.9. The number of amides is 3. The number of fused-ring (bicyclic) bond motifs is 1. The lowest BCUT2D eigenvalue weighted by Gasteiger charge is -2.39. The summed E-state index contributed by atoms with van der Waals surface area (Å²) in [7, 11) is 1.58. The Hall–Kier alpha value is -0.800. The minimum atomic E-state index is -0.719. The second-order valence-electron chi connectivity index (χ2n) is 9.76. The number of likely N-dealkylation sites (tertiary alicyclic amines) is 1. The van der Waals surface area contributed by atoms with Gasteiger partial charge in [-0.05, 0) is 33.1 Å². The highest BCUT2D eigenvalue weighted by atomic mass is 79.9. The van der Waals surface area contributed by atoms with Crippen molar-refractivity contribution in [3.05, 3.63) is 0 Å². The van der Waals surface area contributed by atoms with Gasteiger partial charge in [-0.2, -0.15) is 0 Å². The number of alkyl halides is 1. The zero-order chi connectivity index (χ0) is 21.9. The monoisotopic (exact) mass is 489 g/mol. The molecular weight excluding hydrogens is 458 g/mol. The third-order valence-electron chi connectivity index (χ3n) is 6.34. The molecule has 3 aliphatic rings. The van der Waals surface area contributed by atoms with Gasteiger partial charge in [0.25, 0.3) is 0 Å². The first-order valence-electron chi connectivity index (χ1n) is 10.2. The topological polar surface area (TPSA) is 98.7 Å². The van der Waals surface area contributed by atoms with E-state index in [4.69, 9.17) is 0 Å². The molecule has 3 aliphatic heterocycles. The van der Waals surface area contributed by atoms with Gasteiger partial charge in [-0.3, -0.25) is 14.4 Å². The molecule has 3 rings (SSSR count). The van der Waals surface area contributed by atoms with E-state index in [-0.39, 0.29) is 40.3 Å². The molecule has 9 heteroatoms. The zero-order valence-electron chi connectivity index (χ0n) is 17.9. The second-order valence-corrected chi connectivity index (χ2v) is 12.5. The summed E-state index contributed by atoms with van der Waals surface area (Å²) in [4.78, 5) is 41.6. The van der Waals surface area contributed by atoms with Crippen LogP contribution in [-0.2, 0) is 14.4 Å². The molecule has 0 saturated carbocycles. The number of carbonyl (C=O) groups excluding carboxylic acids is 3. The van der Waals surface area contributed by atoms with Crippen molar-refractivity contribution in [2.75, 3.05) is 13.7 Å². The molecule has 29 heavy (non-hydrogen) atoms. The molecule has 3 heterocycles. The molecule has 1 spiro atoms. The van der Waals surface area contributed by atoms with Gasteiger partial charge in [0.2, 0.25) is 17.7 Å². The molecule has 0 aromatic carbocycles. The molecule has 164 valence electrons. The molecule has 0 radical (unpaired) electrons. The predicted octanol–water partition coefficient (Wildman–Crippen LogP) is 1.13. The van der Waals surface area contributed by atoms with Gasteiger partial charge in [-0.25, -0.2) is 0 Å². The third-order valence-corrected chi connectivity index (χ3v) is 9.56. The molecule has 0 aromatic rings. The highest BCUT2D eigenvalue weighted by molar-refractivity contribution is 9.09. The number of nitrogens with zero attached hydrogens (tertiary/aromatic N) is 1. The Balaban J connectivity index is 2.12. The van der Waals surface area contributed by atoms with Crippen molar-refractivity contribution in [2.24, 2.45) is 17.8 Å². The van der Waals surface area contributed by atoms with Crippen LogP contribution in [-0.4, -0.2) is 73.8 Å². The summed E-state index contributed by atoms with van der Waals surface area (Å²) in [6.45, 7) is 9.38. The molecule has 3 unspecified atom stereocenters. The molecule has 7 atom stereocenters. The van der Waals surface area contributed by atoms with Gasteiger partial charge in [0.1, 0.15) is 6.04 Å². The number of hydrogen-bond donors (Lipinski definition) is 3. The van der Waals surface area contributed by atoms with Crippen molar-refractivity contribution in [2.45, 2.75) is 73.5 Å². The van der Waals surface area contributed by atoms with Crippen LogP contribution in [0.5, 0.6) is 0 Å². The first-order chi connectivity index (χ1) is 13.4. The lowest BCUT2D eigenvalue weighted by molar-refractivity contribution is -0.144. The van der Waals surface area contributed by atoms with E-state index in [9.17, 15) is 19.5 Å². The van der Waals surface area contributed by atoms with E-state index in [1.165, 1.54) is 0 Å². The zero-order valence-corrected chi connectivity index (χ0v) is 20.3. The minimum Gasteiger partial charge on any atom is -0.394 e. The van der Waals surface area contributed by atoms with Crippen molar-refractivity contribution in [1.82, 2.24) is 15.5 Å². The SMILES string of the molecule is CNC(=O)[C@H]1[C@@H]2SC3(CC2Br)C(C(=O)NC(C)(C)C)N([C@@H](CO)C(C)C)C(=O)[C@H]13. The minimum absolute atomic E-state index is 0.0236. The van der Waals surface area contributed by atoms with Crippen molar-refractivity contribution < 1.29 is 19.5 Å². The molecular formula is C20H32BrN3O4S. The molecule has 3 fully saturated rings. The van der Waals surface area contributed by atoms with Crippen molar-refractivity contribution >= 4 is 45.4 Å². The van der Waals surface area contributed by atoms with Crippen molar-refractivity contribution in [1.29, 1.82) is 0 Å². The quantitative estimate of drug-likeness (QED) is 0.502. The van der Waals surface area contributed by atoms with Crippen LogP contribution >= 0.6 is 27.7 Å². The van der Waals surface area contributed by atoms with Gasteiger partial charge in [-0.15, -0.1) is 11.8 Å². The average Bonchev–Trinajstić information content (AvgIpc) is 3.17. The number of nitrogens with one attached hydrogen (secondary N) is 2.